The van der Waals surface area contributed by atoms with E-state index in [1.165, 1.54) is 19.3 Å². The molecule has 1 saturated carbocycles. The largest absolute Gasteiger partial charge is 0.456 e. The monoisotopic (exact) mass is 182 g/mol. The molecule has 0 bridgehead atoms. The van der Waals surface area contributed by atoms with E-state index in [0.717, 1.165) is 18.6 Å². The van der Waals surface area contributed by atoms with Gasteiger partial charge in [-0.2, -0.15) is 0 Å². The fourth-order valence-electron chi connectivity index (χ4n) is 1.99. The lowest BCUT2D eigenvalue weighted by atomic mass is 9.94. The van der Waals surface area contributed by atoms with Crippen molar-refractivity contribution in [1.82, 2.24) is 0 Å². The number of hydrogen-bond acceptors (Lipinski definition) is 2. The standard InChI is InChI=1S/C11H18O2/c1-9(2)10-8-12-11(13-10)6-4-3-5-7-11/h8-9H,3-7H2,1-2H3. The molecule has 0 aromatic carbocycles. The van der Waals surface area contributed by atoms with Crippen LogP contribution in [-0.4, -0.2) is 5.79 Å². The zero-order valence-corrected chi connectivity index (χ0v) is 8.51. The van der Waals surface area contributed by atoms with Crippen LogP contribution in [0.25, 0.3) is 0 Å². The van der Waals surface area contributed by atoms with E-state index in [9.17, 15) is 0 Å². The van der Waals surface area contributed by atoms with Crippen molar-refractivity contribution >= 4 is 0 Å². The highest BCUT2D eigenvalue weighted by molar-refractivity contribution is 5.00. The Hall–Kier alpha value is -0.660. The molecule has 0 atom stereocenters. The third-order valence-corrected chi connectivity index (χ3v) is 2.88. The molecular formula is C11H18O2. The summed E-state index contributed by atoms with van der Waals surface area (Å²) in [5, 5.41) is 0. The van der Waals surface area contributed by atoms with Gasteiger partial charge >= 0.3 is 0 Å². The molecule has 2 nitrogen and oxygen atoms in total. The summed E-state index contributed by atoms with van der Waals surface area (Å²) in [5.41, 5.74) is 0. The zero-order valence-electron chi connectivity index (χ0n) is 8.51. The highest BCUT2D eigenvalue weighted by atomic mass is 16.7. The van der Waals surface area contributed by atoms with Gasteiger partial charge in [-0.05, 0) is 12.8 Å². The molecule has 1 fully saturated rings. The molecule has 2 heteroatoms. The fourth-order valence-corrected chi connectivity index (χ4v) is 1.99. The van der Waals surface area contributed by atoms with Crippen LogP contribution in [0.1, 0.15) is 46.0 Å². The first-order valence-corrected chi connectivity index (χ1v) is 5.29. The van der Waals surface area contributed by atoms with Gasteiger partial charge in [-0.15, -0.1) is 0 Å². The minimum Gasteiger partial charge on any atom is -0.456 e. The summed E-state index contributed by atoms with van der Waals surface area (Å²) in [7, 11) is 0. The second-order valence-corrected chi connectivity index (χ2v) is 4.37. The third-order valence-electron chi connectivity index (χ3n) is 2.88. The van der Waals surface area contributed by atoms with Gasteiger partial charge < -0.3 is 9.47 Å². The first-order chi connectivity index (χ1) is 6.22. The van der Waals surface area contributed by atoms with Crippen molar-refractivity contribution in [2.75, 3.05) is 0 Å². The average Bonchev–Trinajstić information content (AvgIpc) is 2.51. The molecule has 1 spiro atoms. The van der Waals surface area contributed by atoms with E-state index in [1.807, 2.05) is 6.26 Å². The van der Waals surface area contributed by atoms with Gasteiger partial charge in [0.25, 0.3) is 0 Å². The lowest BCUT2D eigenvalue weighted by Crippen LogP contribution is -2.33. The maximum atomic E-state index is 5.89. The summed E-state index contributed by atoms with van der Waals surface area (Å²) in [6.45, 7) is 4.27. The normalized spacial score (nSPS) is 25.6. The van der Waals surface area contributed by atoms with Crippen LogP contribution in [0.5, 0.6) is 0 Å². The molecule has 0 aromatic heterocycles. The topological polar surface area (TPSA) is 18.5 Å². The van der Waals surface area contributed by atoms with Crippen LogP contribution < -0.4 is 0 Å². The van der Waals surface area contributed by atoms with Crippen LogP contribution in [0.3, 0.4) is 0 Å². The Morgan fingerprint density at radius 1 is 1.23 bits per heavy atom. The maximum Gasteiger partial charge on any atom is 0.250 e. The molecule has 13 heavy (non-hydrogen) atoms. The van der Waals surface area contributed by atoms with Gasteiger partial charge in [-0.25, -0.2) is 0 Å². The number of allylic oxidation sites excluding steroid dienone is 1. The van der Waals surface area contributed by atoms with Crippen LogP contribution in [0, 0.1) is 5.92 Å². The van der Waals surface area contributed by atoms with Gasteiger partial charge in [-0.1, -0.05) is 20.3 Å². The summed E-state index contributed by atoms with van der Waals surface area (Å²) in [6.07, 6.45) is 7.72. The van der Waals surface area contributed by atoms with E-state index in [2.05, 4.69) is 13.8 Å². The number of hydrogen-bond donors (Lipinski definition) is 0. The Morgan fingerprint density at radius 3 is 2.46 bits per heavy atom. The molecular weight excluding hydrogens is 164 g/mol. The Bertz CT molecular complexity index is 212. The lowest BCUT2D eigenvalue weighted by molar-refractivity contribution is -0.171. The molecule has 2 aliphatic rings. The quantitative estimate of drug-likeness (QED) is 0.620. The smallest absolute Gasteiger partial charge is 0.250 e. The molecule has 74 valence electrons. The van der Waals surface area contributed by atoms with Crippen molar-refractivity contribution in [2.45, 2.75) is 51.7 Å². The van der Waals surface area contributed by atoms with E-state index in [0.29, 0.717) is 5.92 Å². The van der Waals surface area contributed by atoms with Gasteiger partial charge in [0.1, 0.15) is 12.0 Å². The van der Waals surface area contributed by atoms with Crippen LogP contribution in [0.15, 0.2) is 12.0 Å². The molecule has 0 radical (unpaired) electrons. The van der Waals surface area contributed by atoms with Crippen molar-refractivity contribution in [2.24, 2.45) is 5.92 Å². The van der Waals surface area contributed by atoms with Crippen LogP contribution in [-0.2, 0) is 9.47 Å². The molecule has 0 saturated heterocycles. The van der Waals surface area contributed by atoms with Crippen LogP contribution in [0.2, 0.25) is 0 Å². The Morgan fingerprint density at radius 2 is 1.92 bits per heavy atom. The minimum absolute atomic E-state index is 0.266. The first kappa shape index (κ1) is 8.92. The molecule has 1 aliphatic carbocycles. The van der Waals surface area contributed by atoms with Crippen LogP contribution in [0.4, 0.5) is 0 Å². The summed E-state index contributed by atoms with van der Waals surface area (Å²) >= 11 is 0. The molecule has 2 rings (SSSR count). The van der Waals surface area contributed by atoms with Crippen LogP contribution >= 0.6 is 0 Å². The van der Waals surface area contributed by atoms with Crippen molar-refractivity contribution < 1.29 is 9.47 Å². The second kappa shape index (κ2) is 3.24. The summed E-state index contributed by atoms with van der Waals surface area (Å²) < 4.78 is 11.6. The van der Waals surface area contributed by atoms with Crippen molar-refractivity contribution in [3.8, 4) is 0 Å². The predicted octanol–water partition coefficient (Wildman–Crippen LogP) is 3.19. The van der Waals surface area contributed by atoms with Crippen molar-refractivity contribution in [1.29, 1.82) is 0 Å². The number of ether oxygens (including phenoxy) is 2. The molecule has 1 heterocycles. The van der Waals surface area contributed by atoms with E-state index < -0.39 is 0 Å². The maximum absolute atomic E-state index is 5.89. The van der Waals surface area contributed by atoms with Gasteiger partial charge in [-0.3, -0.25) is 0 Å². The lowest BCUT2D eigenvalue weighted by Gasteiger charge is -2.32. The molecule has 0 N–H and O–H groups in total. The van der Waals surface area contributed by atoms with E-state index in [1.54, 1.807) is 0 Å². The van der Waals surface area contributed by atoms with Gasteiger partial charge in [0.15, 0.2) is 0 Å². The number of rotatable bonds is 1. The zero-order chi connectivity index (χ0) is 9.31. The second-order valence-electron chi connectivity index (χ2n) is 4.37. The first-order valence-electron chi connectivity index (χ1n) is 5.29. The molecule has 0 unspecified atom stereocenters. The fraction of sp³-hybridized carbons (Fsp3) is 0.818. The Labute approximate surface area is 79.9 Å². The van der Waals surface area contributed by atoms with Gasteiger partial charge in [0, 0.05) is 18.8 Å². The molecule has 1 aliphatic heterocycles. The summed E-state index contributed by atoms with van der Waals surface area (Å²) in [6, 6.07) is 0. The van der Waals surface area contributed by atoms with E-state index >= 15 is 0 Å². The van der Waals surface area contributed by atoms with E-state index in [4.69, 9.17) is 9.47 Å². The highest BCUT2D eigenvalue weighted by Gasteiger charge is 2.40. The molecule has 0 aromatic rings. The minimum atomic E-state index is -0.266. The van der Waals surface area contributed by atoms with Crippen molar-refractivity contribution in [3.63, 3.8) is 0 Å². The summed E-state index contributed by atoms with van der Waals surface area (Å²) in [4.78, 5) is 0. The third kappa shape index (κ3) is 1.67. The Balaban J connectivity index is 1.99. The summed E-state index contributed by atoms with van der Waals surface area (Å²) in [5.74, 6) is 1.20. The average molecular weight is 182 g/mol. The van der Waals surface area contributed by atoms with E-state index in [-0.39, 0.29) is 5.79 Å². The van der Waals surface area contributed by atoms with Crippen molar-refractivity contribution in [3.05, 3.63) is 12.0 Å². The predicted molar refractivity (Wildman–Crippen MR) is 50.9 cm³/mol. The highest BCUT2D eigenvalue weighted by Crippen LogP contribution is 2.40. The Kier molecular flexibility index (Phi) is 2.22. The van der Waals surface area contributed by atoms with Gasteiger partial charge in [0.05, 0.1) is 0 Å². The van der Waals surface area contributed by atoms with Gasteiger partial charge in [0.2, 0.25) is 5.79 Å². The SMILES string of the molecule is CC(C)C1=COC2(CCCCC2)O1. The molecule has 0 amide bonds.